The minimum absolute atomic E-state index is 0.0895. The van der Waals surface area contributed by atoms with E-state index in [9.17, 15) is 5.11 Å². The third-order valence-corrected chi connectivity index (χ3v) is 4.07. The number of hydrogen-bond donors (Lipinski definition) is 2. The summed E-state index contributed by atoms with van der Waals surface area (Å²) in [4.78, 5) is 6.66. The van der Waals surface area contributed by atoms with Crippen LogP contribution in [0.3, 0.4) is 0 Å². The normalized spacial score (nSPS) is 32.9. The standard InChI is InChI=1S/C13H19N3O/c14-13-4-1-9(7-15-13)8-16-10-2-3-11(16)6-12(17)5-10/h1,4,7,10-12,17H,2-3,5-6,8H2,(H2,14,15). The van der Waals surface area contributed by atoms with Gasteiger partial charge in [0, 0.05) is 24.8 Å². The Labute approximate surface area is 101 Å². The van der Waals surface area contributed by atoms with Gasteiger partial charge >= 0.3 is 0 Å². The van der Waals surface area contributed by atoms with Crippen molar-refractivity contribution in [3.8, 4) is 0 Å². The monoisotopic (exact) mass is 233 g/mol. The number of nitrogen functional groups attached to an aromatic ring is 1. The molecule has 2 saturated heterocycles. The van der Waals surface area contributed by atoms with Crippen LogP contribution in [0.1, 0.15) is 31.2 Å². The summed E-state index contributed by atoms with van der Waals surface area (Å²) in [7, 11) is 0. The highest BCUT2D eigenvalue weighted by molar-refractivity contribution is 5.29. The molecule has 17 heavy (non-hydrogen) atoms. The molecule has 2 fully saturated rings. The number of piperidine rings is 1. The van der Waals surface area contributed by atoms with Crippen LogP contribution in [0.5, 0.6) is 0 Å². The maximum Gasteiger partial charge on any atom is 0.123 e. The van der Waals surface area contributed by atoms with Gasteiger partial charge in [0.05, 0.1) is 6.10 Å². The molecule has 4 heteroatoms. The van der Waals surface area contributed by atoms with Gasteiger partial charge in [0.1, 0.15) is 5.82 Å². The molecule has 2 aliphatic rings. The van der Waals surface area contributed by atoms with Crippen molar-refractivity contribution in [1.29, 1.82) is 0 Å². The van der Waals surface area contributed by atoms with Gasteiger partial charge in [0.2, 0.25) is 0 Å². The average molecular weight is 233 g/mol. The van der Waals surface area contributed by atoms with E-state index in [-0.39, 0.29) is 6.10 Å². The average Bonchev–Trinajstić information content (AvgIpc) is 2.56. The van der Waals surface area contributed by atoms with Crippen LogP contribution in [-0.4, -0.2) is 33.2 Å². The highest BCUT2D eigenvalue weighted by atomic mass is 16.3. The van der Waals surface area contributed by atoms with Crippen LogP contribution >= 0.6 is 0 Å². The van der Waals surface area contributed by atoms with Crippen LogP contribution < -0.4 is 5.73 Å². The summed E-state index contributed by atoms with van der Waals surface area (Å²) in [6.45, 7) is 0.940. The second-order valence-electron chi connectivity index (χ2n) is 5.27. The molecule has 2 atom stereocenters. The Bertz CT molecular complexity index is 378. The summed E-state index contributed by atoms with van der Waals surface area (Å²) < 4.78 is 0. The maximum absolute atomic E-state index is 9.75. The zero-order valence-electron chi connectivity index (χ0n) is 9.92. The van der Waals surface area contributed by atoms with Gasteiger partial charge in [-0.3, -0.25) is 4.90 Å². The van der Waals surface area contributed by atoms with E-state index in [4.69, 9.17) is 5.73 Å². The maximum atomic E-state index is 9.75. The van der Waals surface area contributed by atoms with Crippen molar-refractivity contribution in [2.24, 2.45) is 0 Å². The van der Waals surface area contributed by atoms with Gasteiger partial charge in [-0.25, -0.2) is 4.98 Å². The number of nitrogens with two attached hydrogens (primary N) is 1. The predicted octanol–water partition coefficient (Wildman–Crippen LogP) is 1.15. The van der Waals surface area contributed by atoms with E-state index in [0.717, 1.165) is 19.4 Å². The Hall–Kier alpha value is -1.13. The molecule has 1 aromatic rings. The van der Waals surface area contributed by atoms with Crippen LogP contribution in [0.15, 0.2) is 18.3 Å². The van der Waals surface area contributed by atoms with Crippen molar-refractivity contribution >= 4 is 5.82 Å². The van der Waals surface area contributed by atoms with E-state index in [1.54, 1.807) is 0 Å². The summed E-state index contributed by atoms with van der Waals surface area (Å²) >= 11 is 0. The topological polar surface area (TPSA) is 62.4 Å². The molecular weight excluding hydrogens is 214 g/mol. The third kappa shape index (κ3) is 2.15. The molecule has 3 heterocycles. The van der Waals surface area contributed by atoms with Gasteiger partial charge in [-0.05, 0) is 37.3 Å². The first-order chi connectivity index (χ1) is 8.22. The van der Waals surface area contributed by atoms with Gasteiger partial charge in [-0.2, -0.15) is 0 Å². The number of aliphatic hydroxyl groups is 1. The molecule has 2 bridgehead atoms. The molecule has 3 rings (SSSR count). The molecule has 2 aliphatic heterocycles. The lowest BCUT2D eigenvalue weighted by Gasteiger charge is -2.37. The Morgan fingerprint density at radius 1 is 1.29 bits per heavy atom. The first-order valence-corrected chi connectivity index (χ1v) is 6.36. The molecule has 92 valence electrons. The van der Waals surface area contributed by atoms with E-state index in [2.05, 4.69) is 9.88 Å². The predicted molar refractivity (Wildman–Crippen MR) is 66.2 cm³/mol. The second-order valence-corrected chi connectivity index (χ2v) is 5.27. The summed E-state index contributed by atoms with van der Waals surface area (Å²) in [5, 5.41) is 9.75. The molecule has 0 radical (unpaired) electrons. The highest BCUT2D eigenvalue weighted by Crippen LogP contribution is 2.36. The summed E-state index contributed by atoms with van der Waals surface area (Å²) in [5.74, 6) is 0.575. The van der Waals surface area contributed by atoms with Crippen LogP contribution in [0.2, 0.25) is 0 Å². The van der Waals surface area contributed by atoms with E-state index in [1.165, 1.54) is 18.4 Å². The molecule has 0 aliphatic carbocycles. The van der Waals surface area contributed by atoms with Crippen molar-refractivity contribution in [2.75, 3.05) is 5.73 Å². The molecule has 4 nitrogen and oxygen atoms in total. The van der Waals surface area contributed by atoms with Crippen molar-refractivity contribution in [2.45, 2.75) is 50.4 Å². The van der Waals surface area contributed by atoms with Crippen molar-refractivity contribution in [3.63, 3.8) is 0 Å². The lowest BCUT2D eigenvalue weighted by Crippen LogP contribution is -2.44. The SMILES string of the molecule is Nc1ccc(CN2C3CCC2CC(O)C3)cn1. The van der Waals surface area contributed by atoms with Crippen molar-refractivity contribution in [1.82, 2.24) is 9.88 Å². The van der Waals surface area contributed by atoms with Crippen LogP contribution in [-0.2, 0) is 6.54 Å². The summed E-state index contributed by atoms with van der Waals surface area (Å²) in [6, 6.07) is 5.02. The van der Waals surface area contributed by atoms with Crippen LogP contribution in [0.25, 0.3) is 0 Å². The number of aliphatic hydroxyl groups excluding tert-OH is 1. The van der Waals surface area contributed by atoms with Crippen LogP contribution in [0.4, 0.5) is 5.82 Å². The second kappa shape index (κ2) is 4.27. The number of aromatic nitrogens is 1. The van der Waals surface area contributed by atoms with Crippen molar-refractivity contribution in [3.05, 3.63) is 23.9 Å². The zero-order chi connectivity index (χ0) is 11.8. The van der Waals surface area contributed by atoms with Crippen LogP contribution in [0, 0.1) is 0 Å². The van der Waals surface area contributed by atoms with Gasteiger partial charge < -0.3 is 10.8 Å². The molecule has 2 unspecified atom stereocenters. The Morgan fingerprint density at radius 2 is 2.00 bits per heavy atom. The van der Waals surface area contributed by atoms with Gasteiger partial charge in [-0.1, -0.05) is 6.07 Å². The molecule has 0 amide bonds. The zero-order valence-corrected chi connectivity index (χ0v) is 9.92. The number of fused-ring (bicyclic) bond motifs is 2. The summed E-state index contributed by atoms with van der Waals surface area (Å²) in [5.41, 5.74) is 6.80. The molecule has 1 aromatic heterocycles. The fourth-order valence-electron chi connectivity index (χ4n) is 3.24. The molecule has 0 saturated carbocycles. The Balaban J connectivity index is 1.72. The lowest BCUT2D eigenvalue weighted by atomic mass is 9.99. The minimum atomic E-state index is -0.0895. The highest BCUT2D eigenvalue weighted by Gasteiger charge is 2.39. The molecule has 3 N–H and O–H groups in total. The molecule has 0 spiro atoms. The number of hydrogen-bond acceptors (Lipinski definition) is 4. The number of rotatable bonds is 2. The first-order valence-electron chi connectivity index (χ1n) is 6.36. The first kappa shape index (κ1) is 11.0. The van der Waals surface area contributed by atoms with E-state index in [0.29, 0.717) is 17.9 Å². The van der Waals surface area contributed by atoms with Gasteiger partial charge in [0.15, 0.2) is 0 Å². The number of pyridine rings is 1. The largest absolute Gasteiger partial charge is 0.393 e. The summed E-state index contributed by atoms with van der Waals surface area (Å²) in [6.07, 6.45) is 6.08. The minimum Gasteiger partial charge on any atom is -0.393 e. The lowest BCUT2D eigenvalue weighted by molar-refractivity contribution is 0.0310. The fraction of sp³-hybridized carbons (Fsp3) is 0.615. The third-order valence-electron chi connectivity index (χ3n) is 4.07. The fourth-order valence-corrected chi connectivity index (χ4v) is 3.24. The van der Waals surface area contributed by atoms with Gasteiger partial charge in [0.25, 0.3) is 0 Å². The van der Waals surface area contributed by atoms with E-state index in [1.807, 2.05) is 18.3 Å². The van der Waals surface area contributed by atoms with E-state index >= 15 is 0 Å². The molecular formula is C13H19N3O. The van der Waals surface area contributed by atoms with Crippen molar-refractivity contribution < 1.29 is 5.11 Å². The number of nitrogens with zero attached hydrogens (tertiary/aromatic N) is 2. The molecule has 0 aromatic carbocycles. The Kier molecular flexibility index (Phi) is 2.76. The smallest absolute Gasteiger partial charge is 0.123 e. The number of anilines is 1. The quantitative estimate of drug-likeness (QED) is 0.804. The Morgan fingerprint density at radius 3 is 2.59 bits per heavy atom. The van der Waals surface area contributed by atoms with E-state index < -0.39 is 0 Å². The van der Waals surface area contributed by atoms with Gasteiger partial charge in [-0.15, -0.1) is 0 Å².